The van der Waals surface area contributed by atoms with Gasteiger partial charge < -0.3 is 20.7 Å². The maximum atomic E-state index is 12.0. The summed E-state index contributed by atoms with van der Waals surface area (Å²) in [5.41, 5.74) is 0. The monoisotopic (exact) mass is 426 g/mol. The van der Waals surface area contributed by atoms with Crippen molar-refractivity contribution in [2.75, 3.05) is 33.9 Å². The Morgan fingerprint density at radius 2 is 1.86 bits per heavy atom. The van der Waals surface area contributed by atoms with Gasteiger partial charge in [0.05, 0.1) is 6.61 Å². The lowest BCUT2D eigenvalue weighted by Gasteiger charge is -2.21. The fraction of sp³-hybridized carbons (Fsp3) is 0.867. The SMILES string of the molecule is CN=C(NCCNC(=O)C1CCCCC1)NC(C)COC.I. The summed E-state index contributed by atoms with van der Waals surface area (Å²) in [5, 5.41) is 9.41. The van der Waals surface area contributed by atoms with E-state index in [-0.39, 0.29) is 41.8 Å². The molecule has 1 rings (SSSR count). The van der Waals surface area contributed by atoms with Crippen molar-refractivity contribution in [2.24, 2.45) is 10.9 Å². The molecule has 1 unspecified atom stereocenters. The molecule has 0 spiro atoms. The van der Waals surface area contributed by atoms with Crippen molar-refractivity contribution in [3.63, 3.8) is 0 Å². The quantitative estimate of drug-likeness (QED) is 0.250. The number of nitrogens with one attached hydrogen (secondary N) is 3. The molecule has 1 fully saturated rings. The van der Waals surface area contributed by atoms with Crippen molar-refractivity contribution < 1.29 is 9.53 Å². The summed E-state index contributed by atoms with van der Waals surface area (Å²) in [5.74, 6) is 1.15. The number of nitrogens with zero attached hydrogens (tertiary/aromatic N) is 1. The Kier molecular flexibility index (Phi) is 12.6. The first-order valence-electron chi connectivity index (χ1n) is 7.91. The molecule has 0 aromatic heterocycles. The summed E-state index contributed by atoms with van der Waals surface area (Å²) in [7, 11) is 3.41. The lowest BCUT2D eigenvalue weighted by Crippen LogP contribution is -2.46. The average molecular weight is 426 g/mol. The molecule has 1 aliphatic rings. The highest BCUT2D eigenvalue weighted by atomic mass is 127. The van der Waals surface area contributed by atoms with Crippen molar-refractivity contribution in [3.8, 4) is 0 Å². The molecule has 0 heterocycles. The van der Waals surface area contributed by atoms with Crippen molar-refractivity contribution in [1.29, 1.82) is 0 Å². The maximum absolute atomic E-state index is 12.0. The van der Waals surface area contributed by atoms with E-state index in [1.54, 1.807) is 14.2 Å². The molecule has 1 saturated carbocycles. The minimum atomic E-state index is 0. The summed E-state index contributed by atoms with van der Waals surface area (Å²) in [6, 6.07) is 0.193. The van der Waals surface area contributed by atoms with E-state index in [1.807, 2.05) is 6.92 Å². The smallest absolute Gasteiger partial charge is 0.223 e. The van der Waals surface area contributed by atoms with Gasteiger partial charge in [-0.15, -0.1) is 24.0 Å². The molecule has 1 amide bonds. The van der Waals surface area contributed by atoms with Gasteiger partial charge in [0.15, 0.2) is 5.96 Å². The summed E-state index contributed by atoms with van der Waals surface area (Å²) in [6.07, 6.45) is 5.72. The molecule has 6 nitrogen and oxygen atoms in total. The predicted octanol–water partition coefficient (Wildman–Crippen LogP) is 1.50. The van der Waals surface area contributed by atoms with Crippen LogP contribution in [0.15, 0.2) is 4.99 Å². The van der Waals surface area contributed by atoms with E-state index in [0.717, 1.165) is 18.8 Å². The molecule has 0 bridgehead atoms. The van der Waals surface area contributed by atoms with Gasteiger partial charge >= 0.3 is 0 Å². The number of amides is 1. The summed E-state index contributed by atoms with van der Waals surface area (Å²) in [4.78, 5) is 16.1. The van der Waals surface area contributed by atoms with Crippen LogP contribution in [-0.2, 0) is 9.53 Å². The van der Waals surface area contributed by atoms with Crippen LogP contribution in [0.25, 0.3) is 0 Å². The second kappa shape index (κ2) is 12.9. The fourth-order valence-corrected chi connectivity index (χ4v) is 2.60. The van der Waals surface area contributed by atoms with E-state index in [0.29, 0.717) is 19.7 Å². The molecule has 7 heteroatoms. The van der Waals surface area contributed by atoms with Crippen LogP contribution in [0, 0.1) is 5.92 Å². The van der Waals surface area contributed by atoms with E-state index in [2.05, 4.69) is 20.9 Å². The van der Waals surface area contributed by atoms with E-state index in [1.165, 1.54) is 19.3 Å². The van der Waals surface area contributed by atoms with Crippen molar-refractivity contribution >= 4 is 35.8 Å². The maximum Gasteiger partial charge on any atom is 0.223 e. The number of halogens is 1. The van der Waals surface area contributed by atoms with Crippen LogP contribution in [0.5, 0.6) is 0 Å². The number of carbonyl (C=O) groups is 1. The molecule has 22 heavy (non-hydrogen) atoms. The van der Waals surface area contributed by atoms with Crippen molar-refractivity contribution in [2.45, 2.75) is 45.1 Å². The fourth-order valence-electron chi connectivity index (χ4n) is 2.60. The molecule has 0 radical (unpaired) electrons. The highest BCUT2D eigenvalue weighted by Crippen LogP contribution is 2.23. The highest BCUT2D eigenvalue weighted by Gasteiger charge is 2.20. The van der Waals surface area contributed by atoms with Gasteiger partial charge in [-0.1, -0.05) is 19.3 Å². The van der Waals surface area contributed by atoms with Crippen LogP contribution in [0.3, 0.4) is 0 Å². The third-order valence-electron chi connectivity index (χ3n) is 3.72. The number of rotatable bonds is 7. The second-order valence-corrected chi connectivity index (χ2v) is 5.63. The highest BCUT2D eigenvalue weighted by molar-refractivity contribution is 14.0. The molecule has 0 aromatic rings. The summed E-state index contributed by atoms with van der Waals surface area (Å²) in [6.45, 7) is 3.94. The molecule has 3 N–H and O–H groups in total. The first-order chi connectivity index (χ1) is 10.2. The number of hydrogen-bond donors (Lipinski definition) is 3. The van der Waals surface area contributed by atoms with Crippen molar-refractivity contribution in [1.82, 2.24) is 16.0 Å². The molecule has 0 aliphatic heterocycles. The Bertz CT molecular complexity index is 334. The van der Waals surface area contributed by atoms with Gasteiger partial charge in [0.2, 0.25) is 5.91 Å². The first-order valence-corrected chi connectivity index (χ1v) is 7.91. The zero-order valence-corrected chi connectivity index (χ0v) is 16.3. The largest absolute Gasteiger partial charge is 0.383 e. The van der Waals surface area contributed by atoms with E-state index >= 15 is 0 Å². The molecule has 0 saturated heterocycles. The van der Waals surface area contributed by atoms with Crippen LogP contribution in [0.4, 0.5) is 0 Å². The van der Waals surface area contributed by atoms with Gasteiger partial charge in [-0.05, 0) is 19.8 Å². The lowest BCUT2D eigenvalue weighted by atomic mass is 9.89. The van der Waals surface area contributed by atoms with E-state index < -0.39 is 0 Å². The van der Waals surface area contributed by atoms with Crippen LogP contribution in [0.2, 0.25) is 0 Å². The second-order valence-electron chi connectivity index (χ2n) is 5.63. The van der Waals surface area contributed by atoms with Gasteiger partial charge in [0.1, 0.15) is 0 Å². The van der Waals surface area contributed by atoms with E-state index in [9.17, 15) is 4.79 Å². The zero-order chi connectivity index (χ0) is 15.5. The molecule has 1 atom stereocenters. The number of carbonyl (C=O) groups excluding carboxylic acids is 1. The molecule has 1 aliphatic carbocycles. The van der Waals surface area contributed by atoms with Crippen LogP contribution < -0.4 is 16.0 Å². The van der Waals surface area contributed by atoms with Gasteiger partial charge in [-0.2, -0.15) is 0 Å². The minimum Gasteiger partial charge on any atom is -0.383 e. The Hall–Kier alpha value is -0.570. The molecular weight excluding hydrogens is 395 g/mol. The van der Waals surface area contributed by atoms with Crippen LogP contribution in [-0.4, -0.2) is 51.8 Å². The Morgan fingerprint density at radius 3 is 2.45 bits per heavy atom. The standard InChI is InChI=1S/C15H30N4O2.HI/c1-12(11-21-3)19-15(16-2)18-10-9-17-14(20)13-7-5-4-6-8-13;/h12-13H,4-11H2,1-3H3,(H,17,20)(H2,16,18,19);1H. The average Bonchev–Trinajstić information content (AvgIpc) is 2.51. The van der Waals surface area contributed by atoms with Gasteiger partial charge in [-0.25, -0.2) is 0 Å². The Morgan fingerprint density at radius 1 is 1.23 bits per heavy atom. The normalized spacial score (nSPS) is 17.3. The van der Waals surface area contributed by atoms with E-state index in [4.69, 9.17) is 4.74 Å². The third-order valence-corrected chi connectivity index (χ3v) is 3.72. The first kappa shape index (κ1) is 21.4. The molecular formula is C15H31IN4O2. The van der Waals surface area contributed by atoms with Gasteiger partial charge in [-0.3, -0.25) is 9.79 Å². The number of guanidine groups is 1. The molecule has 0 aromatic carbocycles. The number of methoxy groups -OCH3 is 1. The zero-order valence-electron chi connectivity index (χ0n) is 14.0. The van der Waals surface area contributed by atoms with Crippen molar-refractivity contribution in [3.05, 3.63) is 0 Å². The van der Waals surface area contributed by atoms with Gasteiger partial charge in [0, 0.05) is 39.2 Å². The van der Waals surface area contributed by atoms with Gasteiger partial charge in [0.25, 0.3) is 0 Å². The Labute approximate surface area is 151 Å². The number of ether oxygens (including phenoxy) is 1. The number of aliphatic imine (C=N–C) groups is 1. The Balaban J connectivity index is 0.00000441. The predicted molar refractivity (Wildman–Crippen MR) is 101 cm³/mol. The lowest BCUT2D eigenvalue weighted by molar-refractivity contribution is -0.125. The molecule has 130 valence electrons. The third kappa shape index (κ3) is 8.77. The minimum absolute atomic E-state index is 0. The summed E-state index contributed by atoms with van der Waals surface area (Å²) >= 11 is 0. The topological polar surface area (TPSA) is 74.8 Å². The number of hydrogen-bond acceptors (Lipinski definition) is 3. The van der Waals surface area contributed by atoms with Crippen LogP contribution >= 0.6 is 24.0 Å². The summed E-state index contributed by atoms with van der Waals surface area (Å²) < 4.78 is 5.07. The van der Waals surface area contributed by atoms with Crippen LogP contribution in [0.1, 0.15) is 39.0 Å².